The summed E-state index contributed by atoms with van der Waals surface area (Å²) in [5.74, 6) is -0.156. The molecule has 9 heteroatoms. The lowest BCUT2D eigenvalue weighted by Gasteiger charge is -2.33. The van der Waals surface area contributed by atoms with Crippen LogP contribution in [0.4, 0.5) is 13.2 Å². The third-order valence-corrected chi connectivity index (χ3v) is 8.40. The third kappa shape index (κ3) is 4.99. The lowest BCUT2D eigenvalue weighted by molar-refractivity contribution is -0.0525. The van der Waals surface area contributed by atoms with Crippen molar-refractivity contribution >= 4 is 18.4 Å². The van der Waals surface area contributed by atoms with E-state index in [0.29, 0.717) is 18.4 Å². The Hall–Kier alpha value is -0.543. The van der Waals surface area contributed by atoms with Gasteiger partial charge in [-0.1, -0.05) is 13.8 Å². The highest BCUT2D eigenvalue weighted by Crippen LogP contribution is 2.32. The largest absolute Gasteiger partial charge is 0.534 e. The van der Waals surface area contributed by atoms with Crippen LogP contribution in [0.3, 0.4) is 0 Å². The van der Waals surface area contributed by atoms with E-state index in [1.54, 1.807) is 0 Å². The zero-order valence-corrected chi connectivity index (χ0v) is 14.3. The molecule has 4 nitrogen and oxygen atoms in total. The SMILES string of the molecule is CC(C)[Si](C)(C)OC1CC=C(OS(=O)(=O)C(F)(F)F)CC1. The van der Waals surface area contributed by atoms with Crippen LogP contribution in [0, 0.1) is 0 Å². The number of hydrogen-bond donors (Lipinski definition) is 0. The van der Waals surface area contributed by atoms with Crippen molar-refractivity contribution in [1.82, 2.24) is 0 Å². The average Bonchev–Trinajstić information content (AvgIpc) is 2.29. The summed E-state index contributed by atoms with van der Waals surface area (Å²) in [5, 5.41) is 0. The van der Waals surface area contributed by atoms with Gasteiger partial charge < -0.3 is 8.61 Å². The molecule has 0 fully saturated rings. The first-order chi connectivity index (χ1) is 9.35. The van der Waals surface area contributed by atoms with Crippen molar-refractivity contribution in [2.45, 2.75) is 63.4 Å². The summed E-state index contributed by atoms with van der Waals surface area (Å²) in [6, 6.07) is 0. The van der Waals surface area contributed by atoms with Gasteiger partial charge in [-0.3, -0.25) is 0 Å². The van der Waals surface area contributed by atoms with E-state index in [-0.39, 0.29) is 18.3 Å². The molecule has 0 saturated carbocycles. The summed E-state index contributed by atoms with van der Waals surface area (Å²) in [4.78, 5) is 0. The zero-order chi connectivity index (χ0) is 16.5. The Morgan fingerprint density at radius 2 is 1.90 bits per heavy atom. The van der Waals surface area contributed by atoms with E-state index in [1.165, 1.54) is 6.08 Å². The summed E-state index contributed by atoms with van der Waals surface area (Å²) in [6.45, 7) is 8.33. The Kier molecular flexibility index (Phi) is 5.54. The van der Waals surface area contributed by atoms with Crippen molar-refractivity contribution in [2.75, 3.05) is 0 Å². The summed E-state index contributed by atoms with van der Waals surface area (Å²) >= 11 is 0. The number of halogens is 3. The smallest absolute Gasteiger partial charge is 0.414 e. The lowest BCUT2D eigenvalue weighted by atomic mass is 10.0. The Morgan fingerprint density at radius 1 is 1.33 bits per heavy atom. The molecule has 1 unspecified atom stereocenters. The molecule has 0 N–H and O–H groups in total. The van der Waals surface area contributed by atoms with Crippen LogP contribution in [-0.2, 0) is 18.7 Å². The maximum atomic E-state index is 12.2. The van der Waals surface area contributed by atoms with Crippen LogP contribution in [-0.4, -0.2) is 28.3 Å². The summed E-state index contributed by atoms with van der Waals surface area (Å²) in [5.41, 5.74) is -4.97. The topological polar surface area (TPSA) is 52.6 Å². The van der Waals surface area contributed by atoms with E-state index in [2.05, 4.69) is 31.1 Å². The Balaban J connectivity index is 2.64. The second-order valence-electron chi connectivity index (χ2n) is 5.93. The van der Waals surface area contributed by atoms with E-state index < -0.39 is 23.9 Å². The number of rotatable bonds is 5. The fourth-order valence-corrected chi connectivity index (χ4v) is 3.60. The molecule has 0 spiro atoms. The van der Waals surface area contributed by atoms with E-state index in [4.69, 9.17) is 4.43 Å². The molecular weight excluding hydrogens is 325 g/mol. The molecule has 1 atom stereocenters. The Labute approximate surface area is 124 Å². The molecule has 1 rings (SSSR count). The highest BCUT2D eigenvalue weighted by Gasteiger charge is 2.49. The van der Waals surface area contributed by atoms with Crippen LogP contribution < -0.4 is 0 Å². The summed E-state index contributed by atoms with van der Waals surface area (Å²) in [6.07, 6.45) is 2.24. The molecule has 0 aliphatic heterocycles. The number of hydrogen-bond acceptors (Lipinski definition) is 4. The molecule has 0 heterocycles. The van der Waals surface area contributed by atoms with Gasteiger partial charge in [-0.05, 0) is 37.6 Å². The van der Waals surface area contributed by atoms with Crippen molar-refractivity contribution in [2.24, 2.45) is 0 Å². The summed E-state index contributed by atoms with van der Waals surface area (Å²) < 4.78 is 68.7. The first-order valence-corrected chi connectivity index (χ1v) is 11.1. The van der Waals surface area contributed by atoms with Crippen LogP contribution in [0.1, 0.15) is 33.1 Å². The second-order valence-corrected chi connectivity index (χ2v) is 12.1. The fraction of sp³-hybridized carbons (Fsp3) is 0.833. The predicted molar refractivity (Wildman–Crippen MR) is 75.4 cm³/mol. The molecular formula is C12H21F3O4SSi. The molecule has 0 aromatic carbocycles. The van der Waals surface area contributed by atoms with E-state index in [0.717, 1.165) is 0 Å². The van der Waals surface area contributed by atoms with E-state index in [1.807, 2.05) is 0 Å². The fourth-order valence-electron chi connectivity index (χ4n) is 1.72. The van der Waals surface area contributed by atoms with Crippen LogP contribution in [0.5, 0.6) is 0 Å². The predicted octanol–water partition coefficient (Wildman–Crippen LogP) is 3.92. The molecule has 21 heavy (non-hydrogen) atoms. The van der Waals surface area contributed by atoms with Crippen molar-refractivity contribution < 1.29 is 30.2 Å². The molecule has 1 aliphatic carbocycles. The standard InChI is InChI=1S/C12H21F3O4SSi/c1-9(2)21(3,4)19-11-7-5-10(6-8-11)18-20(16,17)12(13,14)15/h5,9,11H,6-8H2,1-4H3. The minimum atomic E-state index is -5.56. The lowest BCUT2D eigenvalue weighted by Crippen LogP contribution is -2.39. The maximum Gasteiger partial charge on any atom is 0.534 e. The zero-order valence-electron chi connectivity index (χ0n) is 12.5. The van der Waals surface area contributed by atoms with Gasteiger partial charge in [0.2, 0.25) is 0 Å². The number of allylic oxidation sites excluding steroid dienone is 1. The molecule has 0 aromatic heterocycles. The molecule has 1 aliphatic rings. The Bertz CT molecular complexity index is 497. The van der Waals surface area contributed by atoms with Crippen LogP contribution in [0.15, 0.2) is 11.8 Å². The van der Waals surface area contributed by atoms with Gasteiger partial charge in [-0.15, -0.1) is 0 Å². The van der Waals surface area contributed by atoms with Gasteiger partial charge in [-0.2, -0.15) is 21.6 Å². The Morgan fingerprint density at radius 3 is 2.29 bits per heavy atom. The van der Waals surface area contributed by atoms with Crippen LogP contribution in [0.2, 0.25) is 18.6 Å². The van der Waals surface area contributed by atoms with Crippen LogP contribution >= 0.6 is 0 Å². The second kappa shape index (κ2) is 6.29. The van der Waals surface area contributed by atoms with Crippen molar-refractivity contribution in [1.29, 1.82) is 0 Å². The quantitative estimate of drug-likeness (QED) is 0.430. The molecule has 0 aromatic rings. The van der Waals surface area contributed by atoms with Gasteiger partial charge in [0, 0.05) is 12.5 Å². The van der Waals surface area contributed by atoms with Gasteiger partial charge >= 0.3 is 15.6 Å². The van der Waals surface area contributed by atoms with Crippen molar-refractivity contribution in [3.05, 3.63) is 11.8 Å². The van der Waals surface area contributed by atoms with Gasteiger partial charge in [-0.25, -0.2) is 0 Å². The molecule has 0 saturated heterocycles. The van der Waals surface area contributed by atoms with Gasteiger partial charge in [0.15, 0.2) is 8.32 Å². The molecule has 0 amide bonds. The van der Waals surface area contributed by atoms with E-state index >= 15 is 0 Å². The van der Waals surface area contributed by atoms with Gasteiger partial charge in [0.25, 0.3) is 0 Å². The normalized spacial score (nSPS) is 21.3. The monoisotopic (exact) mass is 346 g/mol. The van der Waals surface area contributed by atoms with Gasteiger partial charge in [0.05, 0.1) is 0 Å². The van der Waals surface area contributed by atoms with Gasteiger partial charge in [0.1, 0.15) is 5.76 Å². The number of alkyl halides is 3. The minimum Gasteiger partial charge on any atom is -0.414 e. The summed E-state index contributed by atoms with van der Waals surface area (Å²) in [7, 11) is -7.40. The first kappa shape index (κ1) is 18.5. The molecule has 124 valence electrons. The first-order valence-electron chi connectivity index (χ1n) is 6.73. The molecule has 0 bridgehead atoms. The van der Waals surface area contributed by atoms with Crippen molar-refractivity contribution in [3.63, 3.8) is 0 Å². The molecule has 0 radical (unpaired) electrons. The van der Waals surface area contributed by atoms with Crippen LogP contribution in [0.25, 0.3) is 0 Å². The highest BCUT2D eigenvalue weighted by molar-refractivity contribution is 7.87. The third-order valence-electron chi connectivity index (χ3n) is 3.68. The van der Waals surface area contributed by atoms with Crippen molar-refractivity contribution in [3.8, 4) is 0 Å². The maximum absolute atomic E-state index is 12.2. The highest BCUT2D eigenvalue weighted by atomic mass is 32.2. The van der Waals surface area contributed by atoms with E-state index in [9.17, 15) is 21.6 Å². The average molecular weight is 346 g/mol. The minimum absolute atomic E-state index is 0.0880.